The van der Waals surface area contributed by atoms with Crippen LogP contribution in [0.1, 0.15) is 38.8 Å². The Balaban J connectivity index is 2.97. The van der Waals surface area contributed by atoms with Gasteiger partial charge in [-0.05, 0) is 44.5 Å². The van der Waals surface area contributed by atoms with E-state index in [4.69, 9.17) is 16.3 Å². The number of methoxy groups -OCH3 is 1. The van der Waals surface area contributed by atoms with E-state index in [-0.39, 0.29) is 11.6 Å². The number of nitrogens with one attached hydrogen (secondary N) is 1. The molecule has 96 valence electrons. The molecule has 17 heavy (non-hydrogen) atoms. The number of hydrogen-bond acceptors (Lipinski definition) is 2. The Morgan fingerprint density at radius 1 is 1.41 bits per heavy atom. The van der Waals surface area contributed by atoms with Crippen molar-refractivity contribution in [3.05, 3.63) is 34.9 Å². The first-order chi connectivity index (χ1) is 8.01. The molecule has 0 amide bonds. The molecule has 0 fully saturated rings. The van der Waals surface area contributed by atoms with Gasteiger partial charge >= 0.3 is 0 Å². The van der Waals surface area contributed by atoms with Gasteiger partial charge in [0.15, 0.2) is 0 Å². The second-order valence-electron chi connectivity index (χ2n) is 4.75. The smallest absolute Gasteiger partial charge is 0.0816 e. The maximum atomic E-state index is 6.05. The first kappa shape index (κ1) is 14.5. The second kappa shape index (κ2) is 6.39. The van der Waals surface area contributed by atoms with Gasteiger partial charge in [0.1, 0.15) is 0 Å². The van der Waals surface area contributed by atoms with Crippen LogP contribution < -0.4 is 5.32 Å². The molecule has 0 aromatic heterocycles. The first-order valence-corrected chi connectivity index (χ1v) is 6.43. The van der Waals surface area contributed by atoms with Crippen molar-refractivity contribution in [2.24, 2.45) is 0 Å². The molecule has 3 heteroatoms. The molecule has 0 radical (unpaired) electrons. The maximum absolute atomic E-state index is 6.05. The Morgan fingerprint density at radius 3 is 2.65 bits per heavy atom. The van der Waals surface area contributed by atoms with Gasteiger partial charge in [0.25, 0.3) is 0 Å². The van der Waals surface area contributed by atoms with Crippen molar-refractivity contribution in [1.82, 2.24) is 5.32 Å². The molecule has 0 spiro atoms. The van der Waals surface area contributed by atoms with Crippen molar-refractivity contribution >= 4 is 11.6 Å². The van der Waals surface area contributed by atoms with Crippen molar-refractivity contribution < 1.29 is 4.74 Å². The van der Waals surface area contributed by atoms with Gasteiger partial charge in [0, 0.05) is 12.1 Å². The van der Waals surface area contributed by atoms with E-state index < -0.39 is 0 Å². The average molecular weight is 256 g/mol. The van der Waals surface area contributed by atoms with Gasteiger partial charge in [-0.1, -0.05) is 30.7 Å². The molecular formula is C14H22ClNO. The quantitative estimate of drug-likeness (QED) is 0.835. The van der Waals surface area contributed by atoms with Crippen LogP contribution in [0.25, 0.3) is 0 Å². The Hall–Kier alpha value is -0.570. The Kier molecular flexibility index (Phi) is 5.44. The highest BCUT2D eigenvalue weighted by Crippen LogP contribution is 2.29. The third-order valence-corrected chi connectivity index (χ3v) is 3.24. The molecule has 1 rings (SSSR count). The summed E-state index contributed by atoms with van der Waals surface area (Å²) in [7, 11) is 1.74. The highest BCUT2D eigenvalue weighted by Gasteiger charge is 2.30. The third-order valence-electron chi connectivity index (χ3n) is 3.00. The topological polar surface area (TPSA) is 21.3 Å². The Bertz CT molecular complexity index is 352. The van der Waals surface area contributed by atoms with E-state index in [1.165, 1.54) is 0 Å². The predicted octanol–water partition coefficient (Wildman–Crippen LogP) is 3.81. The number of hydrogen-bond donors (Lipinski definition) is 1. The summed E-state index contributed by atoms with van der Waals surface area (Å²) in [6.07, 6.45) is 1.09. The molecule has 1 N–H and O–H groups in total. The maximum Gasteiger partial charge on any atom is 0.0816 e. The minimum Gasteiger partial charge on any atom is -0.377 e. The van der Waals surface area contributed by atoms with Crippen molar-refractivity contribution in [2.45, 2.75) is 38.8 Å². The molecule has 0 bridgehead atoms. The summed E-state index contributed by atoms with van der Waals surface area (Å²) in [6, 6.07) is 8.09. The van der Waals surface area contributed by atoms with Gasteiger partial charge in [-0.2, -0.15) is 0 Å². The van der Waals surface area contributed by atoms with Crippen molar-refractivity contribution in [1.29, 1.82) is 0 Å². The Labute approximate surface area is 109 Å². The summed E-state index contributed by atoms with van der Waals surface area (Å²) >= 11 is 6.05. The summed E-state index contributed by atoms with van der Waals surface area (Å²) in [5.41, 5.74) is 0.901. The zero-order chi connectivity index (χ0) is 12.9. The van der Waals surface area contributed by atoms with E-state index in [1.54, 1.807) is 7.11 Å². The van der Waals surface area contributed by atoms with Gasteiger partial charge in [0.05, 0.1) is 11.6 Å². The van der Waals surface area contributed by atoms with E-state index >= 15 is 0 Å². The summed E-state index contributed by atoms with van der Waals surface area (Å²) in [6.45, 7) is 7.29. The zero-order valence-corrected chi connectivity index (χ0v) is 11.8. The highest BCUT2D eigenvalue weighted by molar-refractivity contribution is 6.30. The fraction of sp³-hybridized carbons (Fsp3) is 0.571. The number of rotatable bonds is 6. The molecule has 0 aliphatic rings. The molecule has 0 aliphatic heterocycles. The van der Waals surface area contributed by atoms with Gasteiger partial charge < -0.3 is 10.1 Å². The lowest BCUT2D eigenvalue weighted by atomic mass is 9.91. The fourth-order valence-electron chi connectivity index (χ4n) is 1.86. The van der Waals surface area contributed by atoms with Crippen molar-refractivity contribution in [3.63, 3.8) is 0 Å². The molecule has 1 aromatic rings. The van der Waals surface area contributed by atoms with E-state index in [9.17, 15) is 0 Å². The lowest BCUT2D eigenvalue weighted by Crippen LogP contribution is -2.41. The second-order valence-corrected chi connectivity index (χ2v) is 5.19. The van der Waals surface area contributed by atoms with Gasteiger partial charge in [-0.3, -0.25) is 0 Å². The molecule has 1 unspecified atom stereocenters. The van der Waals surface area contributed by atoms with Crippen LogP contribution in [0.3, 0.4) is 0 Å². The SMILES string of the molecule is CCCNC(c1cccc(Cl)c1)C(C)(C)OC. The predicted molar refractivity (Wildman–Crippen MR) is 73.6 cm³/mol. The van der Waals surface area contributed by atoms with Crippen LogP contribution in [0, 0.1) is 0 Å². The van der Waals surface area contributed by atoms with E-state index in [0.717, 1.165) is 23.6 Å². The van der Waals surface area contributed by atoms with E-state index in [1.807, 2.05) is 18.2 Å². The molecule has 2 nitrogen and oxygen atoms in total. The molecular weight excluding hydrogens is 234 g/mol. The number of ether oxygens (including phenoxy) is 1. The van der Waals surface area contributed by atoms with E-state index in [2.05, 4.69) is 32.2 Å². The molecule has 1 aromatic carbocycles. The standard InChI is InChI=1S/C14H22ClNO/c1-5-9-16-13(14(2,3)17-4)11-7-6-8-12(15)10-11/h6-8,10,13,16H,5,9H2,1-4H3. The number of halogens is 1. The monoisotopic (exact) mass is 255 g/mol. The lowest BCUT2D eigenvalue weighted by Gasteiger charge is -2.34. The van der Waals surface area contributed by atoms with Crippen molar-refractivity contribution in [2.75, 3.05) is 13.7 Å². The normalized spacial score (nSPS) is 13.7. The van der Waals surface area contributed by atoms with Crippen LogP contribution in [0.2, 0.25) is 5.02 Å². The minimum atomic E-state index is -0.264. The zero-order valence-electron chi connectivity index (χ0n) is 11.1. The Morgan fingerprint density at radius 2 is 2.12 bits per heavy atom. The van der Waals surface area contributed by atoms with Gasteiger partial charge in [-0.15, -0.1) is 0 Å². The van der Waals surface area contributed by atoms with E-state index in [0.29, 0.717) is 0 Å². The molecule has 0 saturated heterocycles. The number of benzene rings is 1. The van der Waals surface area contributed by atoms with Crippen LogP contribution in [-0.4, -0.2) is 19.3 Å². The van der Waals surface area contributed by atoms with Crippen molar-refractivity contribution in [3.8, 4) is 0 Å². The van der Waals surface area contributed by atoms with Crippen LogP contribution in [0.15, 0.2) is 24.3 Å². The average Bonchev–Trinajstić information content (AvgIpc) is 2.29. The molecule has 0 aliphatic carbocycles. The van der Waals surface area contributed by atoms with Crippen LogP contribution >= 0.6 is 11.6 Å². The summed E-state index contributed by atoms with van der Waals surface area (Å²) in [5, 5.41) is 4.28. The molecule has 0 heterocycles. The van der Waals surface area contributed by atoms with Gasteiger partial charge in [-0.25, -0.2) is 0 Å². The third kappa shape index (κ3) is 3.98. The largest absolute Gasteiger partial charge is 0.377 e. The molecule has 0 saturated carbocycles. The summed E-state index contributed by atoms with van der Waals surface area (Å²) in [5.74, 6) is 0. The lowest BCUT2D eigenvalue weighted by molar-refractivity contribution is -0.0110. The minimum absolute atomic E-state index is 0.145. The fourth-order valence-corrected chi connectivity index (χ4v) is 2.06. The highest BCUT2D eigenvalue weighted by atomic mass is 35.5. The summed E-state index contributed by atoms with van der Waals surface area (Å²) < 4.78 is 5.59. The van der Waals surface area contributed by atoms with Gasteiger partial charge in [0.2, 0.25) is 0 Å². The molecule has 1 atom stereocenters. The van der Waals surface area contributed by atoms with Crippen LogP contribution in [-0.2, 0) is 4.74 Å². The first-order valence-electron chi connectivity index (χ1n) is 6.05. The van der Waals surface area contributed by atoms with Crippen LogP contribution in [0.5, 0.6) is 0 Å². The summed E-state index contributed by atoms with van der Waals surface area (Å²) in [4.78, 5) is 0. The van der Waals surface area contributed by atoms with Crippen LogP contribution in [0.4, 0.5) is 0 Å².